The summed E-state index contributed by atoms with van der Waals surface area (Å²) in [7, 11) is -2.13. The molecule has 4 rings (SSSR count). The zero-order chi connectivity index (χ0) is 24.1. The number of nitrogens with one attached hydrogen (secondary N) is 1. The summed E-state index contributed by atoms with van der Waals surface area (Å²) in [4.78, 5) is 9.04. The summed E-state index contributed by atoms with van der Waals surface area (Å²) in [5, 5.41) is 14.0. The zero-order valence-corrected chi connectivity index (χ0v) is 19.6. The molecule has 9 heteroatoms. The normalized spacial score (nSPS) is 12.4. The molecular formula is C25H25N3O5S. The SMILES string of the molecule is CNc1ccc(-c2ccc3cc(OCC(O)COS(=O)(=O)c4ccc(C)cc4)ccc3n2)cn1. The minimum Gasteiger partial charge on any atom is -0.491 e. The van der Waals surface area contributed by atoms with E-state index in [9.17, 15) is 13.5 Å². The molecule has 0 aliphatic heterocycles. The van der Waals surface area contributed by atoms with Gasteiger partial charge >= 0.3 is 0 Å². The molecular weight excluding hydrogens is 454 g/mol. The number of aliphatic hydroxyl groups excluding tert-OH is 1. The Labute approximate surface area is 198 Å². The zero-order valence-electron chi connectivity index (χ0n) is 18.8. The van der Waals surface area contributed by atoms with Crippen LogP contribution in [0.4, 0.5) is 5.82 Å². The van der Waals surface area contributed by atoms with Gasteiger partial charge in [0, 0.05) is 24.2 Å². The summed E-state index contributed by atoms with van der Waals surface area (Å²) in [5.41, 5.74) is 3.44. The van der Waals surface area contributed by atoms with E-state index in [2.05, 4.69) is 15.3 Å². The second-order valence-corrected chi connectivity index (χ2v) is 9.36. The van der Waals surface area contributed by atoms with E-state index in [1.54, 1.807) is 24.4 Å². The fourth-order valence-electron chi connectivity index (χ4n) is 3.23. The molecule has 176 valence electrons. The fraction of sp³-hybridized carbons (Fsp3) is 0.200. The van der Waals surface area contributed by atoms with Gasteiger partial charge in [0.2, 0.25) is 0 Å². The average molecular weight is 480 g/mol. The van der Waals surface area contributed by atoms with Crippen LogP contribution in [0.5, 0.6) is 5.75 Å². The van der Waals surface area contributed by atoms with Crippen LogP contribution < -0.4 is 10.1 Å². The van der Waals surface area contributed by atoms with Crippen LogP contribution in [0.3, 0.4) is 0 Å². The third-order valence-electron chi connectivity index (χ3n) is 5.14. The summed E-state index contributed by atoms with van der Waals surface area (Å²) < 4.78 is 35.1. The lowest BCUT2D eigenvalue weighted by atomic mass is 10.1. The van der Waals surface area contributed by atoms with E-state index >= 15 is 0 Å². The van der Waals surface area contributed by atoms with Crippen molar-refractivity contribution >= 4 is 26.8 Å². The highest BCUT2D eigenvalue weighted by Crippen LogP contribution is 2.24. The number of hydrogen-bond donors (Lipinski definition) is 2. The van der Waals surface area contributed by atoms with Crippen molar-refractivity contribution in [3.05, 3.63) is 78.5 Å². The van der Waals surface area contributed by atoms with E-state index in [4.69, 9.17) is 8.92 Å². The van der Waals surface area contributed by atoms with Gasteiger partial charge in [0.05, 0.1) is 22.7 Å². The van der Waals surface area contributed by atoms with Gasteiger partial charge in [-0.05, 0) is 55.5 Å². The molecule has 2 aromatic carbocycles. The number of hydrogen-bond acceptors (Lipinski definition) is 8. The molecule has 0 fully saturated rings. The van der Waals surface area contributed by atoms with Crippen molar-refractivity contribution in [1.29, 1.82) is 0 Å². The molecule has 0 aliphatic rings. The molecule has 0 aliphatic carbocycles. The molecule has 2 heterocycles. The molecule has 0 saturated carbocycles. The summed E-state index contributed by atoms with van der Waals surface area (Å²) in [6, 6.07) is 19.4. The Morgan fingerprint density at radius 3 is 2.50 bits per heavy atom. The maximum Gasteiger partial charge on any atom is 0.297 e. The van der Waals surface area contributed by atoms with Crippen molar-refractivity contribution in [3.8, 4) is 17.0 Å². The first kappa shape index (κ1) is 23.6. The number of rotatable bonds is 9. The lowest BCUT2D eigenvalue weighted by Gasteiger charge is -2.13. The summed E-state index contributed by atoms with van der Waals surface area (Å²) >= 11 is 0. The van der Waals surface area contributed by atoms with Crippen molar-refractivity contribution < 1.29 is 22.4 Å². The summed E-state index contributed by atoms with van der Waals surface area (Å²) in [6.45, 7) is 1.33. The second-order valence-electron chi connectivity index (χ2n) is 7.75. The van der Waals surface area contributed by atoms with Gasteiger partial charge in [-0.3, -0.25) is 4.18 Å². The number of benzene rings is 2. The molecule has 1 atom stereocenters. The van der Waals surface area contributed by atoms with Crippen LogP contribution >= 0.6 is 0 Å². The monoisotopic (exact) mass is 479 g/mol. The van der Waals surface area contributed by atoms with Crippen molar-refractivity contribution in [3.63, 3.8) is 0 Å². The molecule has 2 aromatic heterocycles. The van der Waals surface area contributed by atoms with Gasteiger partial charge in [-0.25, -0.2) is 9.97 Å². The number of anilines is 1. The van der Waals surface area contributed by atoms with Gasteiger partial charge < -0.3 is 15.2 Å². The van der Waals surface area contributed by atoms with E-state index < -0.39 is 22.8 Å². The largest absolute Gasteiger partial charge is 0.491 e. The minimum absolute atomic E-state index is 0.0429. The van der Waals surface area contributed by atoms with Gasteiger partial charge in [-0.15, -0.1) is 0 Å². The van der Waals surface area contributed by atoms with Crippen LogP contribution in [0.1, 0.15) is 5.56 Å². The Bertz CT molecular complexity index is 1370. The van der Waals surface area contributed by atoms with Crippen molar-refractivity contribution in [2.75, 3.05) is 25.6 Å². The average Bonchev–Trinajstić information content (AvgIpc) is 2.86. The van der Waals surface area contributed by atoms with E-state index in [0.717, 1.165) is 33.5 Å². The molecule has 34 heavy (non-hydrogen) atoms. The van der Waals surface area contributed by atoms with Crippen LogP contribution in [-0.4, -0.2) is 49.9 Å². The van der Waals surface area contributed by atoms with Gasteiger partial charge in [-0.1, -0.05) is 23.8 Å². The van der Waals surface area contributed by atoms with Crippen LogP contribution in [0.15, 0.2) is 77.8 Å². The number of aliphatic hydroxyl groups is 1. The predicted octanol–water partition coefficient (Wildman–Crippen LogP) is 3.79. The molecule has 2 N–H and O–H groups in total. The van der Waals surface area contributed by atoms with Crippen LogP contribution in [0, 0.1) is 6.92 Å². The molecule has 0 bridgehead atoms. The third kappa shape index (κ3) is 5.69. The Morgan fingerprint density at radius 1 is 1.00 bits per heavy atom. The number of aromatic nitrogens is 2. The third-order valence-corrected chi connectivity index (χ3v) is 6.44. The Balaban J connectivity index is 1.36. The molecule has 0 radical (unpaired) electrons. The summed E-state index contributed by atoms with van der Waals surface area (Å²) in [6.07, 6.45) is 0.643. The van der Waals surface area contributed by atoms with Crippen LogP contribution in [0.2, 0.25) is 0 Å². The number of ether oxygens (including phenoxy) is 1. The fourth-order valence-corrected chi connectivity index (χ4v) is 4.17. The van der Waals surface area contributed by atoms with Gasteiger partial charge in [0.15, 0.2) is 0 Å². The lowest BCUT2D eigenvalue weighted by molar-refractivity contribution is 0.0649. The summed E-state index contributed by atoms with van der Waals surface area (Å²) in [5.74, 6) is 1.31. The van der Waals surface area contributed by atoms with Crippen molar-refractivity contribution in [1.82, 2.24) is 9.97 Å². The van der Waals surface area contributed by atoms with E-state index in [0.29, 0.717) is 5.75 Å². The standard InChI is InChI=1S/C25H25N3O5S/c1-17-3-8-22(9-4-17)34(30,31)33-16-20(29)15-32-21-7-11-23-18(13-21)5-10-24(28-23)19-6-12-25(26-2)27-14-19/h3-14,20,29H,15-16H2,1-2H3,(H,26,27). The molecule has 4 aromatic rings. The number of pyridine rings is 2. The van der Waals surface area contributed by atoms with E-state index in [1.807, 2.05) is 50.4 Å². The molecule has 0 saturated heterocycles. The van der Waals surface area contributed by atoms with Gasteiger partial charge in [0.1, 0.15) is 24.3 Å². The van der Waals surface area contributed by atoms with Crippen molar-refractivity contribution in [2.45, 2.75) is 17.9 Å². The maximum absolute atomic E-state index is 12.2. The quantitative estimate of drug-likeness (QED) is 0.349. The molecule has 1 unspecified atom stereocenters. The topological polar surface area (TPSA) is 111 Å². The number of aryl methyl sites for hydroxylation is 1. The first-order chi connectivity index (χ1) is 16.3. The van der Waals surface area contributed by atoms with Crippen LogP contribution in [-0.2, 0) is 14.3 Å². The molecule has 0 spiro atoms. The maximum atomic E-state index is 12.2. The minimum atomic E-state index is -3.95. The first-order valence-electron chi connectivity index (χ1n) is 10.7. The Kier molecular flexibility index (Phi) is 7.06. The Hall–Kier alpha value is -3.53. The highest BCUT2D eigenvalue weighted by Gasteiger charge is 2.18. The van der Waals surface area contributed by atoms with E-state index in [1.165, 1.54) is 12.1 Å². The molecule has 0 amide bonds. The molecule has 8 nitrogen and oxygen atoms in total. The number of nitrogens with zero attached hydrogens (tertiary/aromatic N) is 2. The lowest BCUT2D eigenvalue weighted by Crippen LogP contribution is -2.25. The van der Waals surface area contributed by atoms with E-state index in [-0.39, 0.29) is 11.5 Å². The van der Waals surface area contributed by atoms with Gasteiger partial charge in [0.25, 0.3) is 10.1 Å². The van der Waals surface area contributed by atoms with Crippen molar-refractivity contribution in [2.24, 2.45) is 0 Å². The number of fused-ring (bicyclic) bond motifs is 1. The van der Waals surface area contributed by atoms with Crippen LogP contribution in [0.25, 0.3) is 22.2 Å². The second kappa shape index (κ2) is 10.2. The first-order valence-corrected chi connectivity index (χ1v) is 12.1. The highest BCUT2D eigenvalue weighted by atomic mass is 32.2. The predicted molar refractivity (Wildman–Crippen MR) is 130 cm³/mol. The Morgan fingerprint density at radius 2 is 1.79 bits per heavy atom. The highest BCUT2D eigenvalue weighted by molar-refractivity contribution is 7.86. The van der Waals surface area contributed by atoms with Gasteiger partial charge in [-0.2, -0.15) is 8.42 Å². The smallest absolute Gasteiger partial charge is 0.297 e.